The van der Waals surface area contributed by atoms with Crippen molar-refractivity contribution in [3.63, 3.8) is 0 Å². The van der Waals surface area contributed by atoms with Gasteiger partial charge in [0.15, 0.2) is 0 Å². The van der Waals surface area contributed by atoms with Gasteiger partial charge in [-0.1, -0.05) is 24.3 Å². The monoisotopic (exact) mass is 271 g/mol. The van der Waals surface area contributed by atoms with Crippen LogP contribution in [0.2, 0.25) is 0 Å². The maximum absolute atomic E-state index is 11.5. The van der Waals surface area contributed by atoms with Gasteiger partial charge < -0.3 is 9.67 Å². The van der Waals surface area contributed by atoms with Gasteiger partial charge in [-0.3, -0.25) is 9.69 Å². The smallest absolute Gasteiger partial charge is 0.321 e. The predicted molar refractivity (Wildman–Crippen MR) is 74.2 cm³/mol. The molecule has 0 amide bonds. The van der Waals surface area contributed by atoms with E-state index < -0.39 is 12.0 Å². The molecule has 0 radical (unpaired) electrons. The Kier molecular flexibility index (Phi) is 3.52. The maximum Gasteiger partial charge on any atom is 0.321 e. The number of hydrogen-bond donors (Lipinski definition) is 1. The first kappa shape index (κ1) is 12.9. The molecule has 1 aliphatic heterocycles. The quantitative estimate of drug-likeness (QED) is 0.913. The number of fused-ring (bicyclic) bond motifs is 1. The summed E-state index contributed by atoms with van der Waals surface area (Å²) in [5.74, 6) is -0.745. The second kappa shape index (κ2) is 5.46. The third-order valence-corrected chi connectivity index (χ3v) is 3.84. The lowest BCUT2D eigenvalue weighted by molar-refractivity contribution is -0.144. The number of nitrogens with zero attached hydrogens (tertiary/aromatic N) is 3. The minimum atomic E-state index is -0.745. The Hall–Kier alpha value is -2.14. The summed E-state index contributed by atoms with van der Waals surface area (Å²) in [6, 6.07) is 7.65. The molecule has 1 N–H and O–H groups in total. The summed E-state index contributed by atoms with van der Waals surface area (Å²) in [5.41, 5.74) is 2.38. The van der Waals surface area contributed by atoms with E-state index in [1.54, 1.807) is 12.5 Å². The van der Waals surface area contributed by atoms with Crippen LogP contribution in [0.15, 0.2) is 43.0 Å². The van der Waals surface area contributed by atoms with E-state index in [0.717, 1.165) is 12.1 Å². The maximum atomic E-state index is 11.5. The van der Waals surface area contributed by atoms with Gasteiger partial charge in [0.05, 0.1) is 6.33 Å². The molecule has 104 valence electrons. The molecule has 20 heavy (non-hydrogen) atoms. The van der Waals surface area contributed by atoms with E-state index >= 15 is 0 Å². The average molecular weight is 271 g/mol. The minimum absolute atomic E-state index is 0.437. The molecular formula is C15H17N3O2. The first-order valence-corrected chi connectivity index (χ1v) is 6.73. The van der Waals surface area contributed by atoms with Crippen LogP contribution in [0, 0.1) is 0 Å². The van der Waals surface area contributed by atoms with Crippen molar-refractivity contribution in [3.05, 3.63) is 54.1 Å². The van der Waals surface area contributed by atoms with E-state index in [1.807, 2.05) is 33.9 Å². The highest BCUT2D eigenvalue weighted by molar-refractivity contribution is 5.74. The zero-order chi connectivity index (χ0) is 13.9. The van der Waals surface area contributed by atoms with Crippen molar-refractivity contribution in [1.82, 2.24) is 14.5 Å². The lowest BCUT2D eigenvalue weighted by atomic mass is 9.94. The fourth-order valence-electron chi connectivity index (χ4n) is 2.72. The fraction of sp³-hybridized carbons (Fsp3) is 0.333. The van der Waals surface area contributed by atoms with Gasteiger partial charge in [-0.2, -0.15) is 0 Å². The van der Waals surface area contributed by atoms with Crippen LogP contribution < -0.4 is 0 Å². The number of rotatable bonds is 4. The minimum Gasteiger partial charge on any atom is -0.480 e. The van der Waals surface area contributed by atoms with Gasteiger partial charge in [0.2, 0.25) is 0 Å². The summed E-state index contributed by atoms with van der Waals surface area (Å²) >= 11 is 0. The molecule has 0 aliphatic carbocycles. The summed E-state index contributed by atoms with van der Waals surface area (Å²) < 4.78 is 1.97. The highest BCUT2D eigenvalue weighted by Crippen LogP contribution is 2.23. The summed E-state index contributed by atoms with van der Waals surface area (Å²) in [7, 11) is 0. The molecule has 1 aromatic carbocycles. The number of carboxylic acid groups (broad SMARTS) is 1. The fourth-order valence-corrected chi connectivity index (χ4v) is 2.72. The van der Waals surface area contributed by atoms with Crippen LogP contribution in [-0.2, 0) is 24.3 Å². The molecule has 0 fully saturated rings. The standard InChI is InChI=1S/C15H17N3O2/c19-15(20)14-9-12-3-1-2-4-13(12)10-18(14)8-7-17-6-5-16-11-17/h1-6,11,14H,7-10H2,(H,19,20)/t14-/m0/s1. The van der Waals surface area contributed by atoms with Crippen LogP contribution >= 0.6 is 0 Å². The molecule has 3 rings (SSSR count). The summed E-state index contributed by atoms with van der Waals surface area (Å²) in [6.45, 7) is 2.16. The van der Waals surface area contributed by atoms with Crippen molar-refractivity contribution in [2.45, 2.75) is 25.6 Å². The molecule has 1 atom stereocenters. The second-order valence-corrected chi connectivity index (χ2v) is 5.10. The van der Waals surface area contributed by atoms with Crippen molar-refractivity contribution in [2.75, 3.05) is 6.54 Å². The lowest BCUT2D eigenvalue weighted by Crippen LogP contribution is -2.46. The van der Waals surface area contributed by atoms with Crippen LogP contribution in [0.3, 0.4) is 0 Å². The van der Waals surface area contributed by atoms with Gasteiger partial charge >= 0.3 is 5.97 Å². The SMILES string of the molecule is O=C(O)[C@@H]1Cc2ccccc2CN1CCn1ccnc1. The van der Waals surface area contributed by atoms with Gasteiger partial charge in [-0.05, 0) is 17.5 Å². The molecule has 1 aliphatic rings. The zero-order valence-corrected chi connectivity index (χ0v) is 11.1. The van der Waals surface area contributed by atoms with Crippen molar-refractivity contribution in [2.24, 2.45) is 0 Å². The van der Waals surface area contributed by atoms with Crippen molar-refractivity contribution >= 4 is 5.97 Å². The van der Waals surface area contributed by atoms with Crippen molar-refractivity contribution < 1.29 is 9.90 Å². The number of imidazole rings is 1. The molecular weight excluding hydrogens is 254 g/mol. The molecule has 0 unspecified atom stereocenters. The van der Waals surface area contributed by atoms with E-state index in [-0.39, 0.29) is 0 Å². The lowest BCUT2D eigenvalue weighted by Gasteiger charge is -2.34. The summed E-state index contributed by atoms with van der Waals surface area (Å²) in [5, 5.41) is 9.43. The highest BCUT2D eigenvalue weighted by atomic mass is 16.4. The Bertz CT molecular complexity index is 595. The zero-order valence-electron chi connectivity index (χ0n) is 11.1. The van der Waals surface area contributed by atoms with Crippen molar-refractivity contribution in [1.29, 1.82) is 0 Å². The topological polar surface area (TPSA) is 58.4 Å². The van der Waals surface area contributed by atoms with Crippen LogP contribution in [0.25, 0.3) is 0 Å². The Labute approximate surface area is 117 Å². The molecule has 5 heteroatoms. The largest absolute Gasteiger partial charge is 0.480 e. The van der Waals surface area contributed by atoms with E-state index in [2.05, 4.69) is 11.1 Å². The third-order valence-electron chi connectivity index (χ3n) is 3.84. The first-order valence-electron chi connectivity index (χ1n) is 6.73. The van der Waals surface area contributed by atoms with Crippen LogP contribution in [0.4, 0.5) is 0 Å². The number of carboxylic acids is 1. The molecule has 2 heterocycles. The molecule has 0 saturated heterocycles. The van der Waals surface area contributed by atoms with Crippen LogP contribution in [0.5, 0.6) is 0 Å². The Morgan fingerprint density at radius 1 is 1.30 bits per heavy atom. The molecule has 0 saturated carbocycles. The van der Waals surface area contributed by atoms with Crippen LogP contribution in [-0.4, -0.2) is 38.1 Å². The second-order valence-electron chi connectivity index (χ2n) is 5.10. The van der Waals surface area contributed by atoms with E-state index in [9.17, 15) is 9.90 Å². The number of hydrogen-bond acceptors (Lipinski definition) is 3. The number of benzene rings is 1. The summed E-state index contributed by atoms with van der Waals surface area (Å²) in [6.07, 6.45) is 5.97. The first-order chi connectivity index (χ1) is 9.74. The van der Waals surface area contributed by atoms with Gasteiger partial charge in [-0.15, -0.1) is 0 Å². The van der Waals surface area contributed by atoms with Gasteiger partial charge in [0.1, 0.15) is 6.04 Å². The molecule has 1 aromatic heterocycles. The molecule has 0 bridgehead atoms. The predicted octanol–water partition coefficient (Wildman–Crippen LogP) is 1.39. The van der Waals surface area contributed by atoms with Gasteiger partial charge in [0, 0.05) is 32.0 Å². The number of carbonyl (C=O) groups is 1. The Morgan fingerprint density at radius 2 is 2.10 bits per heavy atom. The van der Waals surface area contributed by atoms with Crippen molar-refractivity contribution in [3.8, 4) is 0 Å². The number of aliphatic carboxylic acids is 1. The molecule has 0 spiro atoms. The van der Waals surface area contributed by atoms with Crippen LogP contribution in [0.1, 0.15) is 11.1 Å². The Balaban J connectivity index is 1.76. The van der Waals surface area contributed by atoms with E-state index in [1.165, 1.54) is 5.56 Å². The van der Waals surface area contributed by atoms with Gasteiger partial charge in [0.25, 0.3) is 0 Å². The Morgan fingerprint density at radius 3 is 2.80 bits per heavy atom. The number of aromatic nitrogens is 2. The summed E-state index contributed by atoms with van der Waals surface area (Å²) in [4.78, 5) is 17.5. The highest BCUT2D eigenvalue weighted by Gasteiger charge is 2.30. The van der Waals surface area contributed by atoms with Gasteiger partial charge in [-0.25, -0.2) is 4.98 Å². The third kappa shape index (κ3) is 2.58. The normalized spacial score (nSPS) is 18.7. The van der Waals surface area contributed by atoms with E-state index in [4.69, 9.17) is 0 Å². The average Bonchev–Trinajstić information content (AvgIpc) is 2.97. The molecule has 2 aromatic rings. The van der Waals surface area contributed by atoms with E-state index in [0.29, 0.717) is 19.5 Å². The molecule has 5 nitrogen and oxygen atoms in total.